The van der Waals surface area contributed by atoms with E-state index in [1.807, 2.05) is 34.5 Å². The lowest BCUT2D eigenvalue weighted by Gasteiger charge is -2.35. The smallest absolute Gasteiger partial charge is 0.246 e. The number of carbonyl (C=O) groups excluding carboxylic acids is 1. The van der Waals surface area contributed by atoms with Crippen LogP contribution in [-0.2, 0) is 4.79 Å². The molecule has 1 aromatic heterocycles. The number of hydrogen-bond donors (Lipinski definition) is 2. The second-order valence-corrected chi connectivity index (χ2v) is 14.4. The van der Waals surface area contributed by atoms with E-state index in [-0.39, 0.29) is 24.1 Å². The number of phenols is 1. The number of thiophene rings is 1. The van der Waals surface area contributed by atoms with Gasteiger partial charge in [-0.05, 0) is 72.3 Å². The number of piperazine rings is 1. The summed E-state index contributed by atoms with van der Waals surface area (Å²) in [4.78, 5) is 22.9. The molecule has 0 unspecified atom stereocenters. The van der Waals surface area contributed by atoms with Crippen molar-refractivity contribution in [1.82, 2.24) is 4.90 Å². The molecule has 2 aromatic carbocycles. The molecule has 0 radical (unpaired) electrons. The molecule has 2 heterocycles. The number of nitrogens with two attached hydrogens (primary N) is 1. The van der Waals surface area contributed by atoms with Gasteiger partial charge < -0.3 is 30.1 Å². The summed E-state index contributed by atoms with van der Waals surface area (Å²) in [6, 6.07) is 15.6. The van der Waals surface area contributed by atoms with Gasteiger partial charge in [-0.2, -0.15) is 0 Å². The number of rotatable bonds is 23. The Hall–Kier alpha value is -3.69. The Bertz CT molecular complexity index is 1450. The number of nitrogens with zero attached hydrogens (tertiary/aromatic N) is 3. The molecule has 3 N–H and O–H groups in total. The summed E-state index contributed by atoms with van der Waals surface area (Å²) in [6.07, 6.45) is 20.1. The summed E-state index contributed by atoms with van der Waals surface area (Å²) in [5, 5.41) is 13.0. The molecule has 10 heteroatoms. The highest BCUT2D eigenvalue weighted by Gasteiger charge is 2.20. The molecule has 286 valence electrons. The van der Waals surface area contributed by atoms with Crippen molar-refractivity contribution in [2.45, 2.75) is 104 Å². The molecule has 1 aliphatic heterocycles. The predicted molar refractivity (Wildman–Crippen MR) is 221 cm³/mol. The Kier molecular flexibility index (Phi) is 20.2. The van der Waals surface area contributed by atoms with Crippen molar-refractivity contribution in [1.29, 1.82) is 0 Å². The summed E-state index contributed by atoms with van der Waals surface area (Å²) in [6.45, 7) is 8.28. The van der Waals surface area contributed by atoms with Crippen LogP contribution in [0.15, 0.2) is 65.0 Å². The first-order chi connectivity index (χ1) is 25.0. The van der Waals surface area contributed by atoms with Crippen molar-refractivity contribution >= 4 is 52.9 Å². The minimum absolute atomic E-state index is 0. The Balaban J connectivity index is 0.00000729. The highest BCUT2D eigenvalue weighted by Crippen LogP contribution is 2.38. The van der Waals surface area contributed by atoms with Gasteiger partial charge in [0.05, 0.1) is 23.8 Å². The second kappa shape index (κ2) is 24.5. The first-order valence-electron chi connectivity index (χ1n) is 19.3. The third kappa shape index (κ3) is 14.7. The molecule has 3 aromatic rings. The van der Waals surface area contributed by atoms with Crippen molar-refractivity contribution < 1.29 is 19.4 Å². The molecule has 1 fully saturated rings. The largest absolute Gasteiger partial charge is 0.502 e. The van der Waals surface area contributed by atoms with Crippen LogP contribution in [0.2, 0.25) is 0 Å². The first kappa shape index (κ1) is 42.7. The number of ether oxygens (including phenoxy) is 2. The number of amides is 1. The van der Waals surface area contributed by atoms with Crippen molar-refractivity contribution in [3.05, 3.63) is 70.4 Å². The van der Waals surface area contributed by atoms with E-state index in [0.29, 0.717) is 43.6 Å². The average molecular weight is 753 g/mol. The van der Waals surface area contributed by atoms with Gasteiger partial charge in [-0.3, -0.25) is 4.79 Å². The van der Waals surface area contributed by atoms with Gasteiger partial charge in [0.15, 0.2) is 11.5 Å². The topological polar surface area (TPSA) is 101 Å². The number of halogens is 1. The predicted octanol–water partition coefficient (Wildman–Crippen LogP) is 10.5. The molecule has 0 saturated carbocycles. The molecular weight excluding hydrogens is 692 g/mol. The van der Waals surface area contributed by atoms with Gasteiger partial charge in [0.1, 0.15) is 5.84 Å². The van der Waals surface area contributed by atoms with E-state index in [9.17, 15) is 9.90 Å². The average Bonchev–Trinajstić information content (AvgIpc) is 3.70. The number of hydrogen-bond acceptors (Lipinski definition) is 7. The molecule has 0 atom stereocenters. The van der Waals surface area contributed by atoms with Crippen LogP contribution < -0.4 is 20.1 Å². The number of aliphatic imine (C=N–C) groups is 1. The van der Waals surface area contributed by atoms with E-state index in [4.69, 9.17) is 15.2 Å². The standard InChI is InChI=1S/C42H60N4O4S.ClH/c1-3-5-7-9-11-13-15-29-49-37-32-34(33-38(41(37)48)50-30-16-14-12-10-8-6-4-2)19-24-40(47)46-27-25-45(26-28-46)36-22-20-35(21-23-36)44-42(43)39-18-17-31-51-39;/h17-24,31-33,48H,3-16,25-30H2,1-2H3,(H2,43,44);1H/b24-19+;. The Morgan fingerprint density at radius 3 is 1.87 bits per heavy atom. The lowest BCUT2D eigenvalue weighted by Crippen LogP contribution is -2.48. The number of anilines is 1. The van der Waals surface area contributed by atoms with Crippen LogP contribution in [0.5, 0.6) is 17.2 Å². The number of benzene rings is 2. The molecule has 52 heavy (non-hydrogen) atoms. The molecule has 8 nitrogen and oxygen atoms in total. The lowest BCUT2D eigenvalue weighted by atomic mass is 10.1. The van der Waals surface area contributed by atoms with Gasteiger partial charge in [0.25, 0.3) is 0 Å². The van der Waals surface area contributed by atoms with Crippen LogP contribution in [0.4, 0.5) is 11.4 Å². The summed E-state index contributed by atoms with van der Waals surface area (Å²) >= 11 is 1.57. The van der Waals surface area contributed by atoms with Gasteiger partial charge >= 0.3 is 0 Å². The van der Waals surface area contributed by atoms with E-state index >= 15 is 0 Å². The number of phenolic OH excluding ortho intramolecular Hbond substituents is 1. The van der Waals surface area contributed by atoms with Crippen LogP contribution in [0, 0.1) is 0 Å². The molecule has 1 saturated heterocycles. The summed E-state index contributed by atoms with van der Waals surface area (Å²) in [5.74, 6) is 1.33. The quantitative estimate of drug-likeness (QED) is 0.0433. The molecule has 4 rings (SSSR count). The van der Waals surface area contributed by atoms with Crippen molar-refractivity contribution in [2.24, 2.45) is 10.7 Å². The van der Waals surface area contributed by atoms with Gasteiger partial charge in [-0.1, -0.05) is 97.0 Å². The maximum Gasteiger partial charge on any atom is 0.246 e. The van der Waals surface area contributed by atoms with Crippen LogP contribution in [0.1, 0.15) is 114 Å². The van der Waals surface area contributed by atoms with Crippen molar-refractivity contribution in [2.75, 3.05) is 44.3 Å². The molecule has 0 bridgehead atoms. The van der Waals surface area contributed by atoms with E-state index in [0.717, 1.165) is 60.6 Å². The van der Waals surface area contributed by atoms with E-state index in [2.05, 4.69) is 35.9 Å². The Labute approximate surface area is 322 Å². The van der Waals surface area contributed by atoms with Gasteiger partial charge in [-0.15, -0.1) is 23.7 Å². The van der Waals surface area contributed by atoms with Crippen LogP contribution >= 0.6 is 23.7 Å². The highest BCUT2D eigenvalue weighted by molar-refractivity contribution is 7.12. The zero-order chi connectivity index (χ0) is 36.1. The zero-order valence-corrected chi connectivity index (χ0v) is 33.0. The van der Waals surface area contributed by atoms with Gasteiger partial charge in [0.2, 0.25) is 11.7 Å². The van der Waals surface area contributed by atoms with Gasteiger partial charge in [-0.25, -0.2) is 4.99 Å². The maximum absolute atomic E-state index is 13.3. The molecule has 1 aliphatic rings. The Morgan fingerprint density at radius 2 is 1.35 bits per heavy atom. The Morgan fingerprint density at radius 1 is 0.808 bits per heavy atom. The molecule has 1 amide bonds. The number of carbonyl (C=O) groups is 1. The van der Waals surface area contributed by atoms with Crippen molar-refractivity contribution in [3.63, 3.8) is 0 Å². The number of unbranched alkanes of at least 4 members (excludes halogenated alkanes) is 12. The van der Waals surface area contributed by atoms with Crippen LogP contribution in [0.3, 0.4) is 0 Å². The van der Waals surface area contributed by atoms with E-state index < -0.39 is 0 Å². The molecule has 0 spiro atoms. The fraction of sp³-hybridized carbons (Fsp3) is 0.524. The highest BCUT2D eigenvalue weighted by atomic mass is 35.5. The summed E-state index contributed by atoms with van der Waals surface area (Å²) in [7, 11) is 0. The van der Waals surface area contributed by atoms with Crippen molar-refractivity contribution in [3.8, 4) is 17.2 Å². The lowest BCUT2D eigenvalue weighted by molar-refractivity contribution is -0.126. The maximum atomic E-state index is 13.3. The first-order valence-corrected chi connectivity index (χ1v) is 20.2. The molecular formula is C42H61ClN4O4S. The second-order valence-electron chi connectivity index (χ2n) is 13.4. The summed E-state index contributed by atoms with van der Waals surface area (Å²) in [5.41, 5.74) is 8.84. The van der Waals surface area contributed by atoms with Crippen LogP contribution in [-0.4, -0.2) is 61.1 Å². The number of aromatic hydroxyl groups is 1. The fourth-order valence-corrected chi connectivity index (χ4v) is 6.84. The minimum Gasteiger partial charge on any atom is -0.502 e. The summed E-state index contributed by atoms with van der Waals surface area (Å²) < 4.78 is 12.1. The van der Waals surface area contributed by atoms with E-state index in [1.165, 1.54) is 64.2 Å². The third-order valence-corrected chi connectivity index (χ3v) is 10.2. The third-order valence-electron chi connectivity index (χ3n) is 9.32. The molecule has 0 aliphatic carbocycles. The van der Waals surface area contributed by atoms with Gasteiger partial charge in [0, 0.05) is 37.9 Å². The fourth-order valence-electron chi connectivity index (χ4n) is 6.22. The SMILES string of the molecule is CCCCCCCCCOc1cc(/C=C/C(=O)N2CCN(c3ccc(N=C(N)c4cccs4)cc3)CC2)cc(OCCCCCCCCC)c1O.Cl. The van der Waals surface area contributed by atoms with E-state index in [1.54, 1.807) is 35.6 Å². The zero-order valence-electron chi connectivity index (χ0n) is 31.4. The normalized spacial score (nSPS) is 13.4. The minimum atomic E-state index is -0.0347. The number of amidine groups is 1. The monoisotopic (exact) mass is 752 g/mol. The van der Waals surface area contributed by atoms with Crippen LogP contribution in [0.25, 0.3) is 6.08 Å².